The Morgan fingerprint density at radius 2 is 1.72 bits per heavy atom. The summed E-state index contributed by atoms with van der Waals surface area (Å²) in [5.41, 5.74) is 0.233. The molecule has 0 amide bonds. The Morgan fingerprint density at radius 1 is 1.06 bits per heavy atom. The van der Waals surface area contributed by atoms with Crippen molar-refractivity contribution in [3.8, 4) is 5.75 Å². The summed E-state index contributed by atoms with van der Waals surface area (Å²) in [5.74, 6) is -0.307. The second-order valence-electron chi connectivity index (χ2n) is 9.18. The van der Waals surface area contributed by atoms with Crippen LogP contribution in [-0.2, 0) is 5.60 Å². The minimum Gasteiger partial charge on any atom is -0.406 e. The Balaban J connectivity index is 1.72. The number of anilines is 1. The number of pyridine rings is 1. The number of ether oxygens (including phenoxy) is 1. The van der Waals surface area contributed by atoms with E-state index in [-0.39, 0.29) is 5.75 Å². The predicted molar refractivity (Wildman–Crippen MR) is 117 cm³/mol. The molecule has 2 saturated heterocycles. The molecule has 2 aromatic rings. The van der Waals surface area contributed by atoms with Crippen LogP contribution in [0.2, 0.25) is 0 Å². The highest BCUT2D eigenvalue weighted by Crippen LogP contribution is 2.51. The van der Waals surface area contributed by atoms with E-state index in [1.54, 1.807) is 6.20 Å². The fraction of sp³-hybridized carbons (Fsp3) is 0.542. The lowest BCUT2D eigenvalue weighted by Crippen LogP contribution is -2.64. The molecule has 0 spiro atoms. The van der Waals surface area contributed by atoms with E-state index in [0.29, 0.717) is 24.2 Å². The molecule has 1 aromatic carbocycles. The smallest absolute Gasteiger partial charge is 0.406 e. The highest BCUT2D eigenvalue weighted by Gasteiger charge is 2.56. The van der Waals surface area contributed by atoms with Gasteiger partial charge in [0.05, 0.1) is 11.9 Å². The van der Waals surface area contributed by atoms with Crippen molar-refractivity contribution in [2.75, 3.05) is 37.6 Å². The third-order valence-corrected chi connectivity index (χ3v) is 6.68. The van der Waals surface area contributed by atoms with Crippen molar-refractivity contribution >= 4 is 5.69 Å². The number of benzene rings is 1. The molecule has 174 valence electrons. The van der Waals surface area contributed by atoms with Crippen LogP contribution in [-0.4, -0.2) is 54.1 Å². The van der Waals surface area contributed by atoms with Crippen molar-refractivity contribution in [2.45, 2.75) is 45.1 Å². The summed E-state index contributed by atoms with van der Waals surface area (Å²) in [6, 6.07) is 7.55. The molecule has 1 atom stereocenters. The van der Waals surface area contributed by atoms with Gasteiger partial charge in [-0.25, -0.2) is 0 Å². The van der Waals surface area contributed by atoms with E-state index in [4.69, 9.17) is 0 Å². The molecule has 3 heterocycles. The van der Waals surface area contributed by atoms with Crippen molar-refractivity contribution in [1.82, 2.24) is 9.88 Å². The monoisotopic (exact) mass is 449 g/mol. The highest BCUT2D eigenvalue weighted by atomic mass is 19.4. The molecule has 2 aliphatic rings. The van der Waals surface area contributed by atoms with Gasteiger partial charge < -0.3 is 19.6 Å². The maximum Gasteiger partial charge on any atom is 0.573 e. The third-order valence-electron chi connectivity index (χ3n) is 6.68. The molecule has 0 radical (unpaired) electrons. The van der Waals surface area contributed by atoms with Gasteiger partial charge in [0.25, 0.3) is 0 Å². The first-order valence-electron chi connectivity index (χ1n) is 11.2. The topological polar surface area (TPSA) is 48.8 Å². The normalized spacial score (nSPS) is 20.6. The van der Waals surface area contributed by atoms with Crippen molar-refractivity contribution in [3.05, 3.63) is 53.9 Å². The van der Waals surface area contributed by atoms with E-state index in [1.807, 2.05) is 19.2 Å². The molecule has 0 saturated carbocycles. The van der Waals surface area contributed by atoms with Crippen LogP contribution in [0.1, 0.15) is 44.2 Å². The predicted octanol–water partition coefficient (Wildman–Crippen LogP) is 4.55. The van der Waals surface area contributed by atoms with Crippen LogP contribution < -0.4 is 9.64 Å². The summed E-state index contributed by atoms with van der Waals surface area (Å²) in [5, 5.41) is 12.3. The van der Waals surface area contributed by atoms with Gasteiger partial charge in [0.1, 0.15) is 11.4 Å². The molecule has 1 N–H and O–H groups in total. The SMILES string of the molecule is CCCN1CC(C)(C(O)(c2ccc(OC(F)(F)F)cc2)c2cncc(N3CCCC3)c2)C1. The Labute approximate surface area is 186 Å². The van der Waals surface area contributed by atoms with Gasteiger partial charge in [0.2, 0.25) is 0 Å². The average molecular weight is 450 g/mol. The molecule has 1 aromatic heterocycles. The molecule has 0 aliphatic carbocycles. The lowest BCUT2D eigenvalue weighted by Gasteiger charge is -2.57. The van der Waals surface area contributed by atoms with Crippen LogP contribution in [0.3, 0.4) is 0 Å². The fourth-order valence-electron chi connectivity index (χ4n) is 5.18. The zero-order chi connectivity index (χ0) is 23.0. The van der Waals surface area contributed by atoms with Crippen LogP contribution in [0.25, 0.3) is 0 Å². The number of hydrogen-bond acceptors (Lipinski definition) is 5. The van der Waals surface area contributed by atoms with Gasteiger partial charge >= 0.3 is 6.36 Å². The van der Waals surface area contributed by atoms with Crippen molar-refractivity contribution < 1.29 is 23.0 Å². The molecular weight excluding hydrogens is 419 g/mol. The Hall–Kier alpha value is -2.32. The fourth-order valence-corrected chi connectivity index (χ4v) is 5.18. The van der Waals surface area contributed by atoms with Gasteiger partial charge in [-0.2, -0.15) is 0 Å². The van der Waals surface area contributed by atoms with Crippen LogP contribution >= 0.6 is 0 Å². The van der Waals surface area contributed by atoms with Crippen LogP contribution in [0.4, 0.5) is 18.9 Å². The summed E-state index contributed by atoms with van der Waals surface area (Å²) >= 11 is 0. The van der Waals surface area contributed by atoms with Gasteiger partial charge in [0, 0.05) is 43.4 Å². The number of rotatable bonds is 7. The van der Waals surface area contributed by atoms with E-state index < -0.39 is 17.4 Å². The summed E-state index contributed by atoms with van der Waals surface area (Å²) in [6.45, 7) is 8.37. The Kier molecular flexibility index (Phi) is 6.11. The van der Waals surface area contributed by atoms with Gasteiger partial charge in [-0.15, -0.1) is 13.2 Å². The minimum absolute atomic E-state index is 0.307. The molecular formula is C24H30F3N3O2. The second kappa shape index (κ2) is 8.56. The van der Waals surface area contributed by atoms with Crippen molar-refractivity contribution in [3.63, 3.8) is 0 Å². The lowest BCUT2D eigenvalue weighted by molar-refractivity contribution is -0.274. The molecule has 4 rings (SSSR count). The first kappa shape index (κ1) is 22.9. The Bertz CT molecular complexity index is 923. The van der Waals surface area contributed by atoms with Gasteiger partial charge in [-0.05, 0) is 49.6 Å². The summed E-state index contributed by atoms with van der Waals surface area (Å²) in [7, 11) is 0. The van der Waals surface area contributed by atoms with E-state index >= 15 is 0 Å². The van der Waals surface area contributed by atoms with Gasteiger partial charge in [-0.3, -0.25) is 4.98 Å². The number of nitrogens with zero attached hydrogens (tertiary/aromatic N) is 3. The summed E-state index contributed by atoms with van der Waals surface area (Å²) < 4.78 is 41.9. The summed E-state index contributed by atoms with van der Waals surface area (Å²) in [6.07, 6.45) is 1.99. The number of aliphatic hydroxyl groups is 1. The number of likely N-dealkylation sites (tertiary alicyclic amines) is 1. The van der Waals surface area contributed by atoms with Crippen LogP contribution in [0, 0.1) is 5.41 Å². The first-order valence-corrected chi connectivity index (χ1v) is 11.2. The maximum absolute atomic E-state index is 12.6. The molecule has 2 aliphatic heterocycles. The molecule has 0 bridgehead atoms. The maximum atomic E-state index is 12.6. The zero-order valence-corrected chi connectivity index (χ0v) is 18.5. The van der Waals surface area contributed by atoms with E-state index in [0.717, 1.165) is 44.6 Å². The van der Waals surface area contributed by atoms with E-state index in [2.05, 4.69) is 26.4 Å². The largest absolute Gasteiger partial charge is 0.573 e. The third kappa shape index (κ3) is 4.30. The minimum atomic E-state index is -4.76. The second-order valence-corrected chi connectivity index (χ2v) is 9.18. The Morgan fingerprint density at radius 3 is 2.31 bits per heavy atom. The molecule has 1 unspecified atom stereocenters. The molecule has 5 nitrogen and oxygen atoms in total. The average Bonchev–Trinajstić information content (AvgIpc) is 3.26. The number of aromatic nitrogens is 1. The van der Waals surface area contributed by atoms with E-state index in [1.165, 1.54) is 24.3 Å². The van der Waals surface area contributed by atoms with Gasteiger partial charge in [-0.1, -0.05) is 26.0 Å². The lowest BCUT2D eigenvalue weighted by atomic mass is 9.62. The quantitative estimate of drug-likeness (QED) is 0.672. The van der Waals surface area contributed by atoms with Crippen LogP contribution in [0.15, 0.2) is 42.7 Å². The molecule has 32 heavy (non-hydrogen) atoms. The summed E-state index contributed by atoms with van der Waals surface area (Å²) in [4.78, 5) is 8.96. The number of hydrogen-bond donors (Lipinski definition) is 1. The van der Waals surface area contributed by atoms with E-state index in [9.17, 15) is 18.3 Å². The molecule has 2 fully saturated rings. The van der Waals surface area contributed by atoms with Crippen molar-refractivity contribution in [1.29, 1.82) is 0 Å². The van der Waals surface area contributed by atoms with Crippen LogP contribution in [0.5, 0.6) is 5.75 Å². The number of alkyl halides is 3. The molecule has 8 heteroatoms. The standard InChI is InChI=1S/C24H30F3N3O2/c1-3-10-29-16-22(2,17-29)23(31,18-6-8-21(9-7-18)32-24(25,26)27)19-13-20(15-28-14-19)30-11-4-5-12-30/h6-9,13-15,31H,3-5,10-12,16-17H2,1-2H3. The number of halogens is 3. The zero-order valence-electron chi connectivity index (χ0n) is 18.5. The first-order chi connectivity index (χ1) is 15.1. The van der Waals surface area contributed by atoms with Gasteiger partial charge in [0.15, 0.2) is 0 Å². The van der Waals surface area contributed by atoms with Crippen molar-refractivity contribution in [2.24, 2.45) is 5.41 Å². The highest BCUT2D eigenvalue weighted by molar-refractivity contribution is 5.51.